The summed E-state index contributed by atoms with van der Waals surface area (Å²) >= 11 is 0. The first kappa shape index (κ1) is 13.6. The van der Waals surface area contributed by atoms with Crippen molar-refractivity contribution in [2.24, 2.45) is 0 Å². The number of H-pyrrole nitrogens is 1. The summed E-state index contributed by atoms with van der Waals surface area (Å²) < 4.78 is 1.90. The van der Waals surface area contributed by atoms with E-state index in [9.17, 15) is 0 Å². The lowest BCUT2D eigenvalue weighted by molar-refractivity contribution is 0.562. The summed E-state index contributed by atoms with van der Waals surface area (Å²) in [5, 5.41) is 11.6. The number of rotatable bonds is 3. The molecule has 0 fully saturated rings. The third-order valence-electron chi connectivity index (χ3n) is 3.47. The normalized spacial score (nSPS) is 12.0. The van der Waals surface area contributed by atoms with Crippen LogP contribution in [0.15, 0.2) is 30.7 Å². The third kappa shape index (κ3) is 2.61. The van der Waals surface area contributed by atoms with E-state index in [-0.39, 0.29) is 5.41 Å². The minimum Gasteiger partial charge on any atom is -0.352 e. The van der Waals surface area contributed by atoms with Gasteiger partial charge in [0.1, 0.15) is 5.52 Å². The lowest BCUT2D eigenvalue weighted by Gasteiger charge is -2.17. The second-order valence-corrected chi connectivity index (χ2v) is 6.30. The Morgan fingerprint density at radius 3 is 2.76 bits per heavy atom. The van der Waals surface area contributed by atoms with Gasteiger partial charge in [0.05, 0.1) is 17.9 Å². The summed E-state index contributed by atoms with van der Waals surface area (Å²) in [7, 11) is 2.02. The number of aromatic amines is 1. The maximum absolute atomic E-state index is 4.65. The lowest BCUT2D eigenvalue weighted by Crippen LogP contribution is -2.18. The highest BCUT2D eigenvalue weighted by Gasteiger charge is 2.20. The van der Waals surface area contributed by atoms with E-state index in [1.807, 2.05) is 23.8 Å². The first-order valence-electron chi connectivity index (χ1n) is 6.99. The second-order valence-electron chi connectivity index (χ2n) is 6.30. The number of nitrogens with one attached hydrogen (secondary N) is 1. The number of hydrogen-bond acceptors (Lipinski definition) is 4. The van der Waals surface area contributed by atoms with Crippen LogP contribution in [0, 0.1) is 0 Å². The Balaban J connectivity index is 2.00. The van der Waals surface area contributed by atoms with Gasteiger partial charge in [0.15, 0.2) is 5.82 Å². The molecule has 0 saturated heterocycles. The van der Waals surface area contributed by atoms with Gasteiger partial charge >= 0.3 is 0 Å². The quantitative estimate of drug-likeness (QED) is 0.802. The zero-order chi connectivity index (χ0) is 15.0. The van der Waals surface area contributed by atoms with Crippen LogP contribution >= 0.6 is 0 Å². The summed E-state index contributed by atoms with van der Waals surface area (Å²) in [5.41, 5.74) is 3.15. The van der Waals surface area contributed by atoms with E-state index in [0.29, 0.717) is 0 Å². The van der Waals surface area contributed by atoms with Crippen LogP contribution < -0.4 is 4.90 Å². The summed E-state index contributed by atoms with van der Waals surface area (Å²) in [4.78, 5) is 6.61. The predicted octanol–water partition coefficient (Wildman–Crippen LogP) is 2.39. The van der Waals surface area contributed by atoms with Gasteiger partial charge in [0.2, 0.25) is 0 Å². The van der Waals surface area contributed by atoms with Gasteiger partial charge in [0.25, 0.3) is 0 Å². The highest BCUT2D eigenvalue weighted by molar-refractivity contribution is 5.69. The van der Waals surface area contributed by atoms with E-state index in [1.54, 1.807) is 12.4 Å². The van der Waals surface area contributed by atoms with Crippen LogP contribution in [-0.4, -0.2) is 31.8 Å². The van der Waals surface area contributed by atoms with E-state index in [2.05, 4.69) is 52.0 Å². The van der Waals surface area contributed by atoms with Crippen molar-refractivity contribution in [3.8, 4) is 0 Å². The molecule has 0 spiro atoms. The Labute approximate surface area is 123 Å². The first-order chi connectivity index (χ1) is 9.95. The molecular weight excluding hydrogens is 264 g/mol. The van der Waals surface area contributed by atoms with Crippen molar-refractivity contribution in [2.45, 2.75) is 32.7 Å². The van der Waals surface area contributed by atoms with Crippen molar-refractivity contribution in [1.82, 2.24) is 24.8 Å². The van der Waals surface area contributed by atoms with Gasteiger partial charge in [-0.25, -0.2) is 9.50 Å². The van der Waals surface area contributed by atoms with Crippen molar-refractivity contribution in [3.05, 3.63) is 42.1 Å². The molecular formula is C15H20N6. The Bertz CT molecular complexity index is 735. The van der Waals surface area contributed by atoms with Crippen molar-refractivity contribution in [2.75, 3.05) is 11.9 Å². The molecule has 0 radical (unpaired) electrons. The predicted molar refractivity (Wildman–Crippen MR) is 82.4 cm³/mol. The van der Waals surface area contributed by atoms with Crippen LogP contribution in [0.25, 0.3) is 5.52 Å². The van der Waals surface area contributed by atoms with Gasteiger partial charge < -0.3 is 4.90 Å². The fourth-order valence-electron chi connectivity index (χ4n) is 2.27. The number of fused-ring (bicyclic) bond motifs is 1. The zero-order valence-electron chi connectivity index (χ0n) is 12.8. The van der Waals surface area contributed by atoms with Crippen molar-refractivity contribution in [1.29, 1.82) is 0 Å². The Morgan fingerprint density at radius 1 is 1.29 bits per heavy atom. The average Bonchev–Trinajstić information content (AvgIpc) is 3.05. The van der Waals surface area contributed by atoms with Crippen molar-refractivity contribution < 1.29 is 0 Å². The molecule has 0 aliphatic rings. The molecule has 3 heterocycles. The van der Waals surface area contributed by atoms with E-state index in [1.165, 1.54) is 0 Å². The summed E-state index contributed by atoms with van der Waals surface area (Å²) in [5.74, 6) is 0.912. The average molecular weight is 284 g/mol. The van der Waals surface area contributed by atoms with Crippen molar-refractivity contribution in [3.63, 3.8) is 0 Å². The molecule has 0 aliphatic carbocycles. The van der Waals surface area contributed by atoms with Gasteiger partial charge in [-0.1, -0.05) is 20.8 Å². The van der Waals surface area contributed by atoms with Crippen LogP contribution in [0.4, 0.5) is 5.82 Å². The fraction of sp³-hybridized carbons (Fsp3) is 0.400. The molecule has 3 aromatic rings. The number of nitrogens with zero attached hydrogens (tertiary/aromatic N) is 5. The maximum Gasteiger partial charge on any atom is 0.154 e. The fourth-order valence-corrected chi connectivity index (χ4v) is 2.27. The van der Waals surface area contributed by atoms with Gasteiger partial charge in [-0.15, -0.1) is 0 Å². The van der Waals surface area contributed by atoms with Crippen LogP contribution in [0.1, 0.15) is 32.2 Å². The number of aromatic nitrogens is 5. The van der Waals surface area contributed by atoms with Crippen LogP contribution in [-0.2, 0) is 12.0 Å². The molecule has 0 aliphatic heterocycles. The molecule has 21 heavy (non-hydrogen) atoms. The molecule has 0 aromatic carbocycles. The molecule has 0 unspecified atom stereocenters. The molecule has 0 atom stereocenters. The minimum atomic E-state index is 0.0191. The van der Waals surface area contributed by atoms with Gasteiger partial charge in [-0.2, -0.15) is 10.2 Å². The summed E-state index contributed by atoms with van der Waals surface area (Å²) in [6.07, 6.45) is 5.43. The summed E-state index contributed by atoms with van der Waals surface area (Å²) in [6, 6.07) is 4.08. The van der Waals surface area contributed by atoms with E-state index < -0.39 is 0 Å². The van der Waals surface area contributed by atoms with Gasteiger partial charge in [-0.3, -0.25) is 5.10 Å². The molecule has 6 nitrogen and oxygen atoms in total. The topological polar surface area (TPSA) is 62.1 Å². The third-order valence-corrected chi connectivity index (χ3v) is 3.47. The van der Waals surface area contributed by atoms with Crippen LogP contribution in [0.3, 0.4) is 0 Å². The molecule has 0 bridgehead atoms. The van der Waals surface area contributed by atoms with E-state index in [0.717, 1.165) is 29.3 Å². The smallest absolute Gasteiger partial charge is 0.154 e. The molecule has 3 rings (SSSR count). The molecule has 3 aromatic heterocycles. The Morgan fingerprint density at radius 2 is 2.10 bits per heavy atom. The highest BCUT2D eigenvalue weighted by Crippen LogP contribution is 2.26. The van der Waals surface area contributed by atoms with Crippen LogP contribution in [0.5, 0.6) is 0 Å². The Hall–Kier alpha value is -2.37. The SMILES string of the molecule is CN(Cc1ccn[nH]1)c1nccn2nc(C(C)(C)C)cc12. The Kier molecular flexibility index (Phi) is 3.16. The lowest BCUT2D eigenvalue weighted by atomic mass is 9.92. The number of hydrogen-bond donors (Lipinski definition) is 1. The molecule has 1 N–H and O–H groups in total. The minimum absolute atomic E-state index is 0.0191. The number of anilines is 1. The van der Waals surface area contributed by atoms with Crippen LogP contribution in [0.2, 0.25) is 0 Å². The second kappa shape index (κ2) is 4.87. The highest BCUT2D eigenvalue weighted by atomic mass is 15.3. The maximum atomic E-state index is 4.65. The standard InChI is InChI=1S/C15H20N6/c1-15(2,3)13-9-12-14(16-7-8-21(12)19-13)20(4)10-11-5-6-17-18-11/h5-9H,10H2,1-4H3,(H,17,18). The molecule has 0 saturated carbocycles. The first-order valence-corrected chi connectivity index (χ1v) is 6.99. The van der Waals surface area contributed by atoms with E-state index in [4.69, 9.17) is 0 Å². The molecule has 6 heteroatoms. The van der Waals surface area contributed by atoms with Crippen molar-refractivity contribution >= 4 is 11.3 Å². The monoisotopic (exact) mass is 284 g/mol. The molecule has 110 valence electrons. The largest absolute Gasteiger partial charge is 0.352 e. The zero-order valence-corrected chi connectivity index (χ0v) is 12.8. The molecule has 0 amide bonds. The summed E-state index contributed by atoms with van der Waals surface area (Å²) in [6.45, 7) is 7.21. The van der Waals surface area contributed by atoms with E-state index >= 15 is 0 Å². The van der Waals surface area contributed by atoms with Gasteiger partial charge in [0, 0.05) is 31.1 Å². The van der Waals surface area contributed by atoms with Gasteiger partial charge in [-0.05, 0) is 12.1 Å².